The molecule has 0 aliphatic heterocycles. The fourth-order valence-corrected chi connectivity index (χ4v) is 2.12. The SMILES string of the molecule is O=C(O)c1cc(=O)c2ccccc2s1. The van der Waals surface area contributed by atoms with E-state index in [2.05, 4.69) is 0 Å². The Hall–Kier alpha value is -1.68. The van der Waals surface area contributed by atoms with Gasteiger partial charge in [0.05, 0.1) is 0 Å². The van der Waals surface area contributed by atoms with Crippen LogP contribution in [0, 0.1) is 0 Å². The molecule has 1 N–H and O–H groups in total. The Labute approximate surface area is 83.2 Å². The van der Waals surface area contributed by atoms with Crippen molar-refractivity contribution in [2.75, 3.05) is 0 Å². The molecule has 0 spiro atoms. The molecule has 0 aliphatic carbocycles. The molecule has 1 aromatic carbocycles. The average Bonchev–Trinajstić information content (AvgIpc) is 2.17. The minimum Gasteiger partial charge on any atom is -0.477 e. The van der Waals surface area contributed by atoms with Gasteiger partial charge < -0.3 is 5.11 Å². The van der Waals surface area contributed by atoms with Gasteiger partial charge in [0, 0.05) is 16.2 Å². The molecule has 0 unspecified atom stereocenters. The van der Waals surface area contributed by atoms with E-state index in [1.165, 1.54) is 0 Å². The number of fused-ring (bicyclic) bond motifs is 1. The Morgan fingerprint density at radius 2 is 2.00 bits per heavy atom. The van der Waals surface area contributed by atoms with E-state index >= 15 is 0 Å². The average molecular weight is 206 g/mol. The fraction of sp³-hybridized carbons (Fsp3) is 0. The molecule has 0 saturated carbocycles. The molecule has 70 valence electrons. The van der Waals surface area contributed by atoms with Gasteiger partial charge in [-0.2, -0.15) is 0 Å². The molecule has 0 bridgehead atoms. The summed E-state index contributed by atoms with van der Waals surface area (Å²) in [6.45, 7) is 0. The van der Waals surface area contributed by atoms with Crippen LogP contribution in [-0.2, 0) is 0 Å². The van der Waals surface area contributed by atoms with Gasteiger partial charge >= 0.3 is 5.97 Å². The summed E-state index contributed by atoms with van der Waals surface area (Å²) in [6, 6.07) is 8.14. The lowest BCUT2D eigenvalue weighted by Crippen LogP contribution is -2.04. The van der Waals surface area contributed by atoms with E-state index in [-0.39, 0.29) is 10.3 Å². The van der Waals surface area contributed by atoms with Crippen molar-refractivity contribution < 1.29 is 9.90 Å². The van der Waals surface area contributed by atoms with Crippen molar-refractivity contribution in [1.29, 1.82) is 0 Å². The van der Waals surface area contributed by atoms with Crippen LogP contribution < -0.4 is 5.43 Å². The number of rotatable bonds is 1. The largest absolute Gasteiger partial charge is 0.477 e. The highest BCUT2D eigenvalue weighted by atomic mass is 32.1. The first-order valence-electron chi connectivity index (χ1n) is 3.94. The second-order valence-electron chi connectivity index (χ2n) is 2.78. The molecule has 0 atom stereocenters. The Kier molecular flexibility index (Phi) is 2.05. The van der Waals surface area contributed by atoms with Crippen LogP contribution in [0.5, 0.6) is 0 Å². The summed E-state index contributed by atoms with van der Waals surface area (Å²) in [5.74, 6) is -1.06. The maximum atomic E-state index is 11.4. The lowest BCUT2D eigenvalue weighted by Gasteiger charge is -1.96. The predicted octanol–water partition coefficient (Wildman–Crippen LogP) is 1.96. The molecule has 0 radical (unpaired) electrons. The lowest BCUT2D eigenvalue weighted by atomic mass is 10.2. The fourth-order valence-electron chi connectivity index (χ4n) is 1.21. The zero-order valence-corrected chi connectivity index (χ0v) is 7.88. The van der Waals surface area contributed by atoms with Crippen molar-refractivity contribution in [3.05, 3.63) is 45.4 Å². The van der Waals surface area contributed by atoms with E-state index in [0.29, 0.717) is 10.1 Å². The first-order chi connectivity index (χ1) is 6.68. The minimum absolute atomic E-state index is 0.0775. The van der Waals surface area contributed by atoms with E-state index in [9.17, 15) is 9.59 Å². The third-order valence-electron chi connectivity index (χ3n) is 1.85. The quantitative estimate of drug-likeness (QED) is 0.776. The molecule has 0 amide bonds. The summed E-state index contributed by atoms with van der Waals surface area (Å²) in [4.78, 5) is 22.2. The van der Waals surface area contributed by atoms with Gasteiger partial charge in [0.25, 0.3) is 0 Å². The van der Waals surface area contributed by atoms with Crippen LogP contribution in [0.15, 0.2) is 35.1 Å². The maximum absolute atomic E-state index is 11.4. The second kappa shape index (κ2) is 3.23. The Morgan fingerprint density at radius 3 is 2.71 bits per heavy atom. The molecule has 0 saturated heterocycles. The van der Waals surface area contributed by atoms with Gasteiger partial charge in [-0.1, -0.05) is 12.1 Å². The van der Waals surface area contributed by atoms with Crippen molar-refractivity contribution in [1.82, 2.24) is 0 Å². The maximum Gasteiger partial charge on any atom is 0.346 e. The Morgan fingerprint density at radius 1 is 1.29 bits per heavy atom. The van der Waals surface area contributed by atoms with Gasteiger partial charge in [0.1, 0.15) is 4.88 Å². The summed E-state index contributed by atoms with van der Waals surface area (Å²) >= 11 is 1.11. The van der Waals surface area contributed by atoms with Gasteiger partial charge in [-0.15, -0.1) is 11.3 Å². The standard InChI is InChI=1S/C10H6O3S/c11-7-5-9(10(12)13)14-8-4-2-1-3-6(7)8/h1-5H,(H,12,13). The van der Waals surface area contributed by atoms with Gasteiger partial charge in [0.15, 0.2) is 5.43 Å². The van der Waals surface area contributed by atoms with E-state index in [0.717, 1.165) is 17.4 Å². The predicted molar refractivity (Wildman–Crippen MR) is 55.1 cm³/mol. The zero-order valence-electron chi connectivity index (χ0n) is 7.06. The molecular weight excluding hydrogens is 200 g/mol. The van der Waals surface area contributed by atoms with Crippen LogP contribution in [0.1, 0.15) is 9.67 Å². The molecule has 2 rings (SSSR count). The van der Waals surface area contributed by atoms with Crippen molar-refractivity contribution >= 4 is 27.4 Å². The number of carboxylic acids is 1. The topological polar surface area (TPSA) is 54.4 Å². The number of carboxylic acid groups (broad SMARTS) is 1. The van der Waals surface area contributed by atoms with Crippen LogP contribution in [-0.4, -0.2) is 11.1 Å². The smallest absolute Gasteiger partial charge is 0.346 e. The highest BCUT2D eigenvalue weighted by Gasteiger charge is 2.07. The second-order valence-corrected chi connectivity index (χ2v) is 3.86. The molecule has 0 aliphatic rings. The van der Waals surface area contributed by atoms with E-state index < -0.39 is 5.97 Å². The summed E-state index contributed by atoms with van der Waals surface area (Å²) in [7, 11) is 0. The third-order valence-corrected chi connectivity index (χ3v) is 2.93. The van der Waals surface area contributed by atoms with Crippen LogP contribution in [0.3, 0.4) is 0 Å². The summed E-state index contributed by atoms with van der Waals surface area (Å²) in [5, 5.41) is 9.31. The third kappa shape index (κ3) is 1.40. The van der Waals surface area contributed by atoms with Gasteiger partial charge in [-0.25, -0.2) is 4.79 Å². The highest BCUT2D eigenvalue weighted by Crippen LogP contribution is 2.18. The lowest BCUT2D eigenvalue weighted by molar-refractivity contribution is 0.0702. The molecule has 3 nitrogen and oxygen atoms in total. The molecule has 1 heterocycles. The number of aromatic carboxylic acids is 1. The molecule has 1 aromatic heterocycles. The molecule has 14 heavy (non-hydrogen) atoms. The molecule has 0 fully saturated rings. The van der Waals surface area contributed by atoms with E-state index in [1.54, 1.807) is 24.3 Å². The highest BCUT2D eigenvalue weighted by molar-refractivity contribution is 7.20. The van der Waals surface area contributed by atoms with Crippen LogP contribution in [0.2, 0.25) is 0 Å². The van der Waals surface area contributed by atoms with Crippen LogP contribution >= 0.6 is 11.3 Å². The van der Waals surface area contributed by atoms with E-state index in [1.807, 2.05) is 0 Å². The van der Waals surface area contributed by atoms with Crippen molar-refractivity contribution in [3.63, 3.8) is 0 Å². The van der Waals surface area contributed by atoms with Gasteiger partial charge in [0.2, 0.25) is 0 Å². The first kappa shape index (κ1) is 8.90. The van der Waals surface area contributed by atoms with Crippen molar-refractivity contribution in [2.24, 2.45) is 0 Å². The monoisotopic (exact) mass is 206 g/mol. The normalized spacial score (nSPS) is 10.3. The Balaban J connectivity index is 2.86. The van der Waals surface area contributed by atoms with Gasteiger partial charge in [-0.3, -0.25) is 4.79 Å². The zero-order chi connectivity index (χ0) is 10.1. The van der Waals surface area contributed by atoms with Crippen molar-refractivity contribution in [3.8, 4) is 0 Å². The molecular formula is C10H6O3S. The van der Waals surface area contributed by atoms with Gasteiger partial charge in [-0.05, 0) is 12.1 Å². The summed E-state index contributed by atoms with van der Waals surface area (Å²) in [5.41, 5.74) is -0.239. The number of hydrogen-bond acceptors (Lipinski definition) is 3. The molecule has 4 heteroatoms. The number of carbonyl (C=O) groups is 1. The molecule has 2 aromatic rings. The summed E-state index contributed by atoms with van der Waals surface area (Å²) < 4.78 is 0.706. The Bertz CT molecular complexity index is 557. The van der Waals surface area contributed by atoms with Crippen LogP contribution in [0.25, 0.3) is 10.1 Å². The summed E-state index contributed by atoms with van der Waals surface area (Å²) in [6.07, 6.45) is 0. The number of benzene rings is 1. The van der Waals surface area contributed by atoms with Crippen molar-refractivity contribution in [2.45, 2.75) is 0 Å². The van der Waals surface area contributed by atoms with E-state index in [4.69, 9.17) is 5.11 Å². The minimum atomic E-state index is -1.06. The number of hydrogen-bond donors (Lipinski definition) is 1. The first-order valence-corrected chi connectivity index (χ1v) is 4.76. The van der Waals surface area contributed by atoms with Crippen LogP contribution in [0.4, 0.5) is 0 Å².